The van der Waals surface area contributed by atoms with Gasteiger partial charge in [-0.15, -0.1) is 0 Å². The second kappa shape index (κ2) is 15.8. The first kappa shape index (κ1) is 35.7. The SMILES string of the molecule is CC(C)[C@H]1CCc2ccc(-c3ccccc3P(c3ccccc3)c3ccccc3)nc21.F[B-](F)(F)F.F[B-](F)(F)F.[Pt+2]. The van der Waals surface area contributed by atoms with E-state index in [-0.39, 0.29) is 21.1 Å². The van der Waals surface area contributed by atoms with Crippen LogP contribution in [0.15, 0.2) is 97.1 Å². The Bertz CT molecular complexity index is 1330. The third kappa shape index (κ3) is 11.3. The van der Waals surface area contributed by atoms with Gasteiger partial charge in [-0.25, -0.2) is 0 Å². The molecule has 0 saturated heterocycles. The normalized spacial score (nSPS) is 14.2. The average molecular weight is 790 g/mol. The first-order chi connectivity index (χ1) is 19.2. The van der Waals surface area contributed by atoms with Crippen LogP contribution >= 0.6 is 7.92 Å². The summed E-state index contributed by atoms with van der Waals surface area (Å²) in [7, 11) is -12.7. The van der Waals surface area contributed by atoms with E-state index in [0.29, 0.717) is 11.8 Å². The molecule has 1 aromatic heterocycles. The molecule has 42 heavy (non-hydrogen) atoms. The minimum absolute atomic E-state index is 0. The predicted molar refractivity (Wildman–Crippen MR) is 155 cm³/mol. The molecule has 0 fully saturated rings. The number of aryl methyl sites for hydroxylation is 1. The molecule has 226 valence electrons. The molecule has 0 unspecified atom stereocenters. The Balaban J connectivity index is 0.000000487. The van der Waals surface area contributed by atoms with Gasteiger partial charge < -0.3 is 34.5 Å². The van der Waals surface area contributed by atoms with Crippen molar-refractivity contribution in [3.05, 3.63) is 108 Å². The Morgan fingerprint density at radius 3 is 1.60 bits per heavy atom. The number of pyridine rings is 1. The van der Waals surface area contributed by atoms with Crippen molar-refractivity contribution >= 4 is 38.3 Å². The van der Waals surface area contributed by atoms with Crippen LogP contribution in [0.3, 0.4) is 0 Å². The van der Waals surface area contributed by atoms with Gasteiger partial charge in [-0.2, -0.15) is 0 Å². The van der Waals surface area contributed by atoms with Gasteiger partial charge >= 0.3 is 35.6 Å². The van der Waals surface area contributed by atoms with Crippen molar-refractivity contribution in [2.45, 2.75) is 32.6 Å². The van der Waals surface area contributed by atoms with Gasteiger partial charge in [0.25, 0.3) is 0 Å². The van der Waals surface area contributed by atoms with E-state index in [1.54, 1.807) is 0 Å². The summed E-state index contributed by atoms with van der Waals surface area (Å²) in [6, 6.07) is 35.3. The van der Waals surface area contributed by atoms with Crippen LogP contribution in [0.4, 0.5) is 34.5 Å². The summed E-state index contributed by atoms with van der Waals surface area (Å²) in [6.45, 7) is 4.65. The number of benzene rings is 3. The Hall–Kier alpha value is -2.50. The van der Waals surface area contributed by atoms with Gasteiger partial charge in [0.2, 0.25) is 0 Å². The molecule has 4 aromatic rings. The predicted octanol–water partition coefficient (Wildman–Crippen LogP) is 8.79. The van der Waals surface area contributed by atoms with E-state index in [4.69, 9.17) is 4.98 Å². The third-order valence-corrected chi connectivity index (χ3v) is 8.84. The number of hydrogen-bond acceptors (Lipinski definition) is 1. The van der Waals surface area contributed by atoms with Crippen LogP contribution in [0.25, 0.3) is 11.3 Å². The molecule has 13 heteroatoms. The minimum atomic E-state index is -6.00. The van der Waals surface area contributed by atoms with Crippen LogP contribution in [0.5, 0.6) is 0 Å². The number of rotatable bonds is 5. The van der Waals surface area contributed by atoms with Crippen LogP contribution in [0.1, 0.15) is 37.4 Å². The van der Waals surface area contributed by atoms with E-state index in [0.717, 1.165) is 12.1 Å². The maximum Gasteiger partial charge on any atom is 2.00 e. The smallest absolute Gasteiger partial charge is 0.418 e. The fourth-order valence-corrected chi connectivity index (χ4v) is 7.21. The van der Waals surface area contributed by atoms with E-state index >= 15 is 0 Å². The quantitative estimate of drug-likeness (QED) is 0.112. The van der Waals surface area contributed by atoms with Gasteiger partial charge in [-0.05, 0) is 54.2 Å². The molecule has 1 aliphatic rings. The molecule has 0 amide bonds. The molecule has 1 aliphatic carbocycles. The van der Waals surface area contributed by atoms with Gasteiger partial charge in [0.15, 0.2) is 0 Å². The maximum atomic E-state index is 9.75. The van der Waals surface area contributed by atoms with Crippen LogP contribution in [0.2, 0.25) is 0 Å². The molecule has 1 nitrogen and oxygen atoms in total. The van der Waals surface area contributed by atoms with Crippen molar-refractivity contribution < 1.29 is 55.6 Å². The van der Waals surface area contributed by atoms with Crippen LogP contribution < -0.4 is 15.9 Å². The van der Waals surface area contributed by atoms with E-state index in [1.807, 2.05) is 0 Å². The summed E-state index contributed by atoms with van der Waals surface area (Å²) in [5.74, 6) is 1.21. The van der Waals surface area contributed by atoms with Crippen molar-refractivity contribution in [3.8, 4) is 11.3 Å². The summed E-state index contributed by atoms with van der Waals surface area (Å²) in [5, 5.41) is 4.12. The number of fused-ring (bicyclic) bond motifs is 1. The molecule has 0 radical (unpaired) electrons. The molecule has 3 aromatic carbocycles. The second-order valence-corrected chi connectivity index (χ2v) is 11.8. The molecular weight excluding hydrogens is 762 g/mol. The Morgan fingerprint density at radius 1 is 0.667 bits per heavy atom. The van der Waals surface area contributed by atoms with Crippen molar-refractivity contribution in [2.24, 2.45) is 5.92 Å². The van der Waals surface area contributed by atoms with Crippen LogP contribution in [0, 0.1) is 5.92 Å². The molecule has 0 spiro atoms. The van der Waals surface area contributed by atoms with Gasteiger partial charge in [0, 0.05) is 17.2 Å². The van der Waals surface area contributed by atoms with Gasteiger partial charge in [-0.3, -0.25) is 4.98 Å². The topological polar surface area (TPSA) is 12.9 Å². The standard InChI is InChI=1S/C29H28NP.2BF4.Pt/c1-21(2)25-19-17-22-18-20-27(30-29(22)25)26-15-9-10-16-28(26)31(23-11-5-3-6-12-23)24-13-7-4-8-14-24;2*2-1(3,4)5;/h3-16,18,20-21,25H,17,19H2,1-2H3;;;/q;2*-1;+2/t25-;;;/m1.../s1. The summed E-state index contributed by atoms with van der Waals surface area (Å²) < 4.78 is 78.0. The molecule has 1 atom stereocenters. The van der Waals surface area contributed by atoms with Crippen molar-refractivity contribution in [2.75, 3.05) is 0 Å². The second-order valence-electron chi connectivity index (χ2n) is 9.64. The van der Waals surface area contributed by atoms with Gasteiger partial charge in [0.1, 0.15) is 0 Å². The molecule has 0 aliphatic heterocycles. The number of halogens is 8. The van der Waals surface area contributed by atoms with E-state index < -0.39 is 22.4 Å². The van der Waals surface area contributed by atoms with Crippen LogP contribution in [-0.4, -0.2) is 19.5 Å². The van der Waals surface area contributed by atoms with Crippen molar-refractivity contribution in [1.82, 2.24) is 4.98 Å². The summed E-state index contributed by atoms with van der Waals surface area (Å²) in [5.41, 5.74) is 5.14. The van der Waals surface area contributed by atoms with Crippen molar-refractivity contribution in [1.29, 1.82) is 0 Å². The number of nitrogens with zero attached hydrogens (tertiary/aromatic N) is 1. The summed E-state index contributed by atoms with van der Waals surface area (Å²) in [4.78, 5) is 5.27. The number of hydrogen-bond donors (Lipinski definition) is 0. The third-order valence-electron chi connectivity index (χ3n) is 6.34. The molecule has 0 saturated carbocycles. The zero-order valence-corrected chi connectivity index (χ0v) is 25.9. The largest absolute Gasteiger partial charge is 2.00 e. The molecule has 0 N–H and O–H groups in total. The fourth-order valence-electron chi connectivity index (χ4n) is 4.75. The Kier molecular flexibility index (Phi) is 13.4. The first-order valence-electron chi connectivity index (χ1n) is 13.0. The molecular formula is C29H28B2F8NPPt. The van der Waals surface area contributed by atoms with Gasteiger partial charge in [0.05, 0.1) is 5.69 Å². The monoisotopic (exact) mass is 790 g/mol. The molecule has 0 bridgehead atoms. The molecule has 5 rings (SSSR count). The number of aromatic nitrogens is 1. The first-order valence-corrected chi connectivity index (χ1v) is 14.3. The Labute approximate surface area is 256 Å². The van der Waals surface area contributed by atoms with E-state index in [1.165, 1.54) is 39.2 Å². The molecule has 1 heterocycles. The fraction of sp³-hybridized carbons (Fsp3) is 0.207. The van der Waals surface area contributed by atoms with E-state index in [2.05, 4.69) is 111 Å². The summed E-state index contributed by atoms with van der Waals surface area (Å²) >= 11 is 0. The van der Waals surface area contributed by atoms with Gasteiger partial charge in [-0.1, -0.05) is 105 Å². The minimum Gasteiger partial charge on any atom is -0.418 e. The summed E-state index contributed by atoms with van der Waals surface area (Å²) in [6.07, 6.45) is 2.39. The zero-order valence-electron chi connectivity index (χ0n) is 22.7. The average Bonchev–Trinajstić information content (AvgIpc) is 3.32. The zero-order chi connectivity index (χ0) is 30.2. The van der Waals surface area contributed by atoms with E-state index in [9.17, 15) is 34.5 Å². The maximum absolute atomic E-state index is 9.75. The van der Waals surface area contributed by atoms with Crippen molar-refractivity contribution in [3.63, 3.8) is 0 Å². The Morgan fingerprint density at radius 2 is 1.12 bits per heavy atom. The van der Waals surface area contributed by atoms with Crippen LogP contribution in [-0.2, 0) is 27.5 Å².